The summed E-state index contributed by atoms with van der Waals surface area (Å²) in [5, 5.41) is 4.72. The van der Waals surface area contributed by atoms with E-state index in [0.29, 0.717) is 18.7 Å². The number of fused-ring (bicyclic) bond motifs is 3. The van der Waals surface area contributed by atoms with Crippen LogP contribution in [-0.4, -0.2) is 53.6 Å². The minimum absolute atomic E-state index is 0.114. The highest BCUT2D eigenvalue weighted by Gasteiger charge is 2.35. The van der Waals surface area contributed by atoms with Gasteiger partial charge in [0.2, 0.25) is 0 Å². The summed E-state index contributed by atoms with van der Waals surface area (Å²) < 4.78 is 5.32. The lowest BCUT2D eigenvalue weighted by molar-refractivity contribution is -0.144. The van der Waals surface area contributed by atoms with Gasteiger partial charge in [0.05, 0.1) is 17.9 Å². The standard InChI is InChI=1S/C20H28N4O2S/c1-4-26-20(25)14-9-10-15-16(14)17-18(21-11-22-19(17)27-15)23-12-5-7-13(8-6-12)24(2)3/h11-14H,4-10H2,1-3H3,(H,21,22,23)/t12-,13-,14?. The van der Waals surface area contributed by atoms with E-state index >= 15 is 0 Å². The largest absolute Gasteiger partial charge is 0.466 e. The molecule has 2 aliphatic rings. The molecule has 0 radical (unpaired) electrons. The van der Waals surface area contributed by atoms with Gasteiger partial charge in [0, 0.05) is 17.0 Å². The lowest BCUT2D eigenvalue weighted by Gasteiger charge is -2.33. The van der Waals surface area contributed by atoms with Gasteiger partial charge in [-0.05, 0) is 65.1 Å². The van der Waals surface area contributed by atoms with E-state index < -0.39 is 0 Å². The molecule has 4 rings (SSSR count). The van der Waals surface area contributed by atoms with Crippen LogP contribution in [0.4, 0.5) is 5.82 Å². The molecule has 0 bridgehead atoms. The van der Waals surface area contributed by atoms with Crippen LogP contribution in [0.25, 0.3) is 10.2 Å². The van der Waals surface area contributed by atoms with Gasteiger partial charge in [-0.25, -0.2) is 9.97 Å². The molecule has 2 heterocycles. The van der Waals surface area contributed by atoms with E-state index in [-0.39, 0.29) is 11.9 Å². The molecule has 146 valence electrons. The van der Waals surface area contributed by atoms with Crippen molar-refractivity contribution in [2.45, 2.75) is 63.5 Å². The Kier molecular flexibility index (Phi) is 5.32. The number of rotatable bonds is 5. The van der Waals surface area contributed by atoms with Gasteiger partial charge in [-0.3, -0.25) is 4.79 Å². The van der Waals surface area contributed by atoms with Crippen molar-refractivity contribution >= 4 is 33.3 Å². The van der Waals surface area contributed by atoms with Crippen molar-refractivity contribution in [1.29, 1.82) is 0 Å². The van der Waals surface area contributed by atoms with Crippen LogP contribution in [0.1, 0.15) is 55.4 Å². The molecule has 2 aliphatic carbocycles. The highest BCUT2D eigenvalue weighted by Crippen LogP contribution is 2.46. The normalized spacial score (nSPS) is 25.0. The molecule has 6 nitrogen and oxygen atoms in total. The first kappa shape index (κ1) is 18.6. The Morgan fingerprint density at radius 1 is 1.26 bits per heavy atom. The van der Waals surface area contributed by atoms with Crippen molar-refractivity contribution in [3.63, 3.8) is 0 Å². The van der Waals surface area contributed by atoms with Crippen LogP contribution in [0.2, 0.25) is 0 Å². The maximum absolute atomic E-state index is 12.5. The van der Waals surface area contributed by atoms with Crippen molar-refractivity contribution in [1.82, 2.24) is 14.9 Å². The van der Waals surface area contributed by atoms with E-state index in [1.54, 1.807) is 17.7 Å². The number of ether oxygens (including phenoxy) is 1. The summed E-state index contributed by atoms with van der Waals surface area (Å²) in [5.74, 6) is 0.601. The number of hydrogen-bond acceptors (Lipinski definition) is 7. The molecule has 0 spiro atoms. The molecule has 0 aliphatic heterocycles. The van der Waals surface area contributed by atoms with Gasteiger partial charge >= 0.3 is 5.97 Å². The molecule has 1 fully saturated rings. The minimum Gasteiger partial charge on any atom is -0.466 e. The molecule has 1 saturated carbocycles. The average Bonchev–Trinajstić information content (AvgIpc) is 3.21. The van der Waals surface area contributed by atoms with Crippen LogP contribution in [0, 0.1) is 0 Å². The quantitative estimate of drug-likeness (QED) is 0.790. The van der Waals surface area contributed by atoms with Crippen molar-refractivity contribution in [3.8, 4) is 0 Å². The van der Waals surface area contributed by atoms with Gasteiger partial charge in [0.25, 0.3) is 0 Å². The smallest absolute Gasteiger partial charge is 0.313 e. The van der Waals surface area contributed by atoms with Gasteiger partial charge in [-0.1, -0.05) is 0 Å². The van der Waals surface area contributed by atoms with Gasteiger partial charge in [0.15, 0.2) is 0 Å². The van der Waals surface area contributed by atoms with E-state index in [0.717, 1.165) is 47.3 Å². The molecule has 0 aromatic carbocycles. The first-order chi connectivity index (χ1) is 13.1. The van der Waals surface area contributed by atoms with E-state index in [1.807, 2.05) is 6.92 Å². The molecule has 7 heteroatoms. The second kappa shape index (κ2) is 7.72. The predicted molar refractivity (Wildman–Crippen MR) is 108 cm³/mol. The number of hydrogen-bond donors (Lipinski definition) is 1. The topological polar surface area (TPSA) is 67.3 Å². The third kappa shape index (κ3) is 3.55. The number of esters is 1. The van der Waals surface area contributed by atoms with Crippen LogP contribution in [0.5, 0.6) is 0 Å². The predicted octanol–water partition coefficient (Wildman–Crippen LogP) is 3.57. The lowest BCUT2D eigenvalue weighted by atomic mass is 9.90. The molecule has 1 N–H and O–H groups in total. The van der Waals surface area contributed by atoms with Crippen molar-refractivity contribution in [2.75, 3.05) is 26.0 Å². The first-order valence-electron chi connectivity index (χ1n) is 9.94. The number of thiophene rings is 1. The summed E-state index contributed by atoms with van der Waals surface area (Å²) in [5.41, 5.74) is 1.11. The summed E-state index contributed by atoms with van der Waals surface area (Å²) in [4.78, 5) is 26.1. The van der Waals surface area contributed by atoms with Crippen LogP contribution in [-0.2, 0) is 16.0 Å². The summed E-state index contributed by atoms with van der Waals surface area (Å²) in [7, 11) is 4.33. The second-order valence-corrected chi connectivity index (χ2v) is 8.88. The summed E-state index contributed by atoms with van der Waals surface area (Å²) >= 11 is 1.70. The third-order valence-corrected chi connectivity index (χ3v) is 7.12. The van der Waals surface area contributed by atoms with Crippen LogP contribution in [0.3, 0.4) is 0 Å². The number of carbonyl (C=O) groups excluding carboxylic acids is 1. The monoisotopic (exact) mass is 388 g/mol. The fraction of sp³-hybridized carbons (Fsp3) is 0.650. The fourth-order valence-corrected chi connectivity index (χ4v) is 5.71. The molecular weight excluding hydrogens is 360 g/mol. The van der Waals surface area contributed by atoms with E-state index in [4.69, 9.17) is 4.74 Å². The molecule has 0 saturated heterocycles. The average molecular weight is 389 g/mol. The lowest BCUT2D eigenvalue weighted by Crippen LogP contribution is -2.36. The molecule has 27 heavy (non-hydrogen) atoms. The van der Waals surface area contributed by atoms with Crippen molar-refractivity contribution in [3.05, 3.63) is 16.8 Å². The van der Waals surface area contributed by atoms with Crippen LogP contribution >= 0.6 is 11.3 Å². The Morgan fingerprint density at radius 3 is 2.74 bits per heavy atom. The van der Waals surface area contributed by atoms with E-state index in [2.05, 4.69) is 34.3 Å². The molecule has 0 amide bonds. The number of aromatic nitrogens is 2. The summed E-state index contributed by atoms with van der Waals surface area (Å²) in [6.45, 7) is 2.28. The van der Waals surface area contributed by atoms with E-state index in [9.17, 15) is 4.79 Å². The van der Waals surface area contributed by atoms with Gasteiger partial charge in [0.1, 0.15) is 17.0 Å². The maximum atomic E-state index is 12.5. The Bertz CT molecular complexity index is 827. The third-order valence-electron chi connectivity index (χ3n) is 5.95. The number of nitrogens with one attached hydrogen (secondary N) is 1. The Morgan fingerprint density at radius 2 is 2.04 bits per heavy atom. The minimum atomic E-state index is -0.176. The molecular formula is C20H28N4O2S. The maximum Gasteiger partial charge on any atom is 0.313 e. The van der Waals surface area contributed by atoms with Gasteiger partial charge in [-0.15, -0.1) is 11.3 Å². The highest BCUT2D eigenvalue weighted by molar-refractivity contribution is 7.19. The Balaban J connectivity index is 1.60. The van der Waals surface area contributed by atoms with Crippen molar-refractivity contribution in [2.24, 2.45) is 0 Å². The number of nitrogens with zero attached hydrogens (tertiary/aromatic N) is 3. The Hall–Kier alpha value is -1.73. The zero-order valence-electron chi connectivity index (χ0n) is 16.3. The SMILES string of the molecule is CCOC(=O)C1CCc2sc3ncnc(N[C@H]4CC[C@H](N(C)C)CC4)c3c21. The van der Waals surface area contributed by atoms with Gasteiger partial charge in [-0.2, -0.15) is 0 Å². The molecule has 2 aromatic heterocycles. The molecule has 1 atom stereocenters. The highest BCUT2D eigenvalue weighted by atomic mass is 32.1. The van der Waals surface area contributed by atoms with E-state index in [1.165, 1.54) is 17.7 Å². The van der Waals surface area contributed by atoms with Crippen molar-refractivity contribution < 1.29 is 9.53 Å². The molecule has 2 aromatic rings. The zero-order chi connectivity index (χ0) is 19.0. The Labute approximate surface area is 164 Å². The van der Waals surface area contributed by atoms with Crippen LogP contribution < -0.4 is 5.32 Å². The zero-order valence-corrected chi connectivity index (χ0v) is 17.1. The summed E-state index contributed by atoms with van der Waals surface area (Å²) in [6, 6.07) is 1.10. The number of anilines is 1. The fourth-order valence-electron chi connectivity index (χ4n) is 4.49. The summed E-state index contributed by atoms with van der Waals surface area (Å²) in [6.07, 6.45) is 8.08. The van der Waals surface area contributed by atoms with Crippen LogP contribution in [0.15, 0.2) is 6.33 Å². The second-order valence-electron chi connectivity index (χ2n) is 7.80. The first-order valence-corrected chi connectivity index (χ1v) is 10.8. The van der Waals surface area contributed by atoms with Gasteiger partial charge < -0.3 is 15.0 Å². The number of carbonyl (C=O) groups is 1. The molecule has 1 unspecified atom stereocenters. The number of aryl methyl sites for hydroxylation is 1.